The van der Waals surface area contributed by atoms with Gasteiger partial charge in [-0.1, -0.05) is 18.6 Å². The lowest BCUT2D eigenvalue weighted by molar-refractivity contribution is -0.144. The highest BCUT2D eigenvalue weighted by molar-refractivity contribution is 5.80. The molecule has 0 saturated heterocycles. The first kappa shape index (κ1) is 15.5. The van der Waals surface area contributed by atoms with Crippen molar-refractivity contribution in [3.05, 3.63) is 30.1 Å². The van der Waals surface area contributed by atoms with Crippen LogP contribution in [0.15, 0.2) is 24.3 Å². The van der Waals surface area contributed by atoms with Gasteiger partial charge in [0.1, 0.15) is 5.82 Å². The summed E-state index contributed by atoms with van der Waals surface area (Å²) >= 11 is 0. The zero-order chi connectivity index (χ0) is 16.2. The lowest BCUT2D eigenvalue weighted by Crippen LogP contribution is -2.36. The quantitative estimate of drug-likeness (QED) is 0.787. The third kappa shape index (κ3) is 3.70. The monoisotopic (exact) mass is 315 g/mol. The van der Waals surface area contributed by atoms with Crippen molar-refractivity contribution in [1.29, 1.82) is 0 Å². The van der Waals surface area contributed by atoms with Crippen molar-refractivity contribution in [1.82, 2.24) is 15.3 Å². The standard InChI is InChI=1S/C17H21N3O3/c21-16(11-4-3-5-12(10-11)17(22)23)18-9-8-15-19-13-6-1-2-7-14(13)20-15/h1-2,6-7,11-12H,3-5,8-10H2,(H,18,21)(H,19,20)(H,22,23)/t11-,12+/m1/s1. The van der Waals surface area contributed by atoms with Crippen molar-refractivity contribution in [3.63, 3.8) is 0 Å². The molecule has 3 rings (SSSR count). The van der Waals surface area contributed by atoms with Gasteiger partial charge in [0.15, 0.2) is 0 Å². The number of hydrogen-bond donors (Lipinski definition) is 3. The van der Waals surface area contributed by atoms with Crippen molar-refractivity contribution < 1.29 is 14.7 Å². The summed E-state index contributed by atoms with van der Waals surface area (Å²) in [4.78, 5) is 31.0. The molecule has 0 radical (unpaired) electrons. The molecule has 2 atom stereocenters. The number of amides is 1. The van der Waals surface area contributed by atoms with Gasteiger partial charge in [-0.3, -0.25) is 9.59 Å². The van der Waals surface area contributed by atoms with E-state index in [0.717, 1.165) is 29.7 Å². The second-order valence-electron chi connectivity index (χ2n) is 6.14. The molecular formula is C17H21N3O3. The van der Waals surface area contributed by atoms with E-state index in [1.165, 1.54) is 0 Å². The van der Waals surface area contributed by atoms with Crippen LogP contribution < -0.4 is 5.32 Å². The molecular weight excluding hydrogens is 294 g/mol. The fourth-order valence-electron chi connectivity index (χ4n) is 3.22. The largest absolute Gasteiger partial charge is 0.481 e. The molecule has 0 aliphatic heterocycles. The highest BCUT2D eigenvalue weighted by Gasteiger charge is 2.30. The molecule has 6 nitrogen and oxygen atoms in total. The molecule has 6 heteroatoms. The number of nitrogens with zero attached hydrogens (tertiary/aromatic N) is 1. The summed E-state index contributed by atoms with van der Waals surface area (Å²) in [5.41, 5.74) is 1.91. The van der Waals surface area contributed by atoms with E-state index in [9.17, 15) is 9.59 Å². The summed E-state index contributed by atoms with van der Waals surface area (Å²) < 4.78 is 0. The van der Waals surface area contributed by atoms with Gasteiger partial charge in [-0.15, -0.1) is 0 Å². The molecule has 1 fully saturated rings. The van der Waals surface area contributed by atoms with Crippen LogP contribution >= 0.6 is 0 Å². The molecule has 1 saturated carbocycles. The summed E-state index contributed by atoms with van der Waals surface area (Å²) in [6, 6.07) is 7.81. The minimum Gasteiger partial charge on any atom is -0.481 e. The number of aromatic nitrogens is 2. The van der Waals surface area contributed by atoms with Gasteiger partial charge in [-0.05, 0) is 31.4 Å². The van der Waals surface area contributed by atoms with Crippen LogP contribution in [0.5, 0.6) is 0 Å². The Morgan fingerprint density at radius 1 is 1.26 bits per heavy atom. The van der Waals surface area contributed by atoms with Crippen LogP contribution in [0.4, 0.5) is 0 Å². The molecule has 0 unspecified atom stereocenters. The van der Waals surface area contributed by atoms with Gasteiger partial charge in [0.25, 0.3) is 0 Å². The lowest BCUT2D eigenvalue weighted by Gasteiger charge is -2.25. The van der Waals surface area contributed by atoms with Crippen LogP contribution in [0.1, 0.15) is 31.5 Å². The van der Waals surface area contributed by atoms with Crippen LogP contribution in [0.3, 0.4) is 0 Å². The van der Waals surface area contributed by atoms with Gasteiger partial charge in [0.05, 0.1) is 17.0 Å². The molecule has 0 spiro atoms. The molecule has 122 valence electrons. The van der Waals surface area contributed by atoms with E-state index in [4.69, 9.17) is 5.11 Å². The first-order chi connectivity index (χ1) is 11.1. The molecule has 1 aromatic carbocycles. The molecule has 0 bridgehead atoms. The summed E-state index contributed by atoms with van der Waals surface area (Å²) in [5, 5.41) is 12.0. The third-order valence-electron chi connectivity index (χ3n) is 4.49. The number of H-pyrrole nitrogens is 1. The number of carboxylic acids is 1. The number of fused-ring (bicyclic) bond motifs is 1. The summed E-state index contributed by atoms with van der Waals surface area (Å²) in [6.07, 6.45) is 3.35. The molecule has 2 aromatic rings. The fraction of sp³-hybridized carbons (Fsp3) is 0.471. The number of aromatic amines is 1. The minimum atomic E-state index is -0.787. The van der Waals surface area contributed by atoms with Crippen LogP contribution in [-0.4, -0.2) is 33.5 Å². The average molecular weight is 315 g/mol. The number of aliphatic carboxylic acids is 1. The van der Waals surface area contributed by atoms with Crippen molar-refractivity contribution >= 4 is 22.9 Å². The van der Waals surface area contributed by atoms with Gasteiger partial charge in [-0.2, -0.15) is 0 Å². The molecule has 1 aliphatic carbocycles. The number of imidazole rings is 1. The van der Waals surface area contributed by atoms with Crippen LogP contribution in [0.25, 0.3) is 11.0 Å². The Labute approximate surface area is 134 Å². The fourth-order valence-corrected chi connectivity index (χ4v) is 3.22. The summed E-state index contributed by atoms with van der Waals surface area (Å²) in [7, 11) is 0. The number of hydrogen-bond acceptors (Lipinski definition) is 3. The molecule has 23 heavy (non-hydrogen) atoms. The first-order valence-electron chi connectivity index (χ1n) is 8.07. The van der Waals surface area contributed by atoms with E-state index in [1.807, 2.05) is 24.3 Å². The second kappa shape index (κ2) is 6.81. The topological polar surface area (TPSA) is 95.1 Å². The Morgan fingerprint density at radius 3 is 2.83 bits per heavy atom. The van der Waals surface area contributed by atoms with Gasteiger partial charge in [-0.25, -0.2) is 4.98 Å². The van der Waals surface area contributed by atoms with Crippen LogP contribution in [0, 0.1) is 11.8 Å². The molecule has 1 aromatic heterocycles. The predicted octanol–water partition coefficient (Wildman–Crippen LogP) is 2.11. The van der Waals surface area contributed by atoms with Crippen molar-refractivity contribution in [3.8, 4) is 0 Å². The Bertz CT molecular complexity index is 677. The molecule has 1 aliphatic rings. The highest BCUT2D eigenvalue weighted by atomic mass is 16.4. The number of carbonyl (C=O) groups excluding carboxylic acids is 1. The number of benzene rings is 1. The van der Waals surface area contributed by atoms with E-state index < -0.39 is 5.97 Å². The Morgan fingerprint density at radius 2 is 2.04 bits per heavy atom. The van der Waals surface area contributed by atoms with Crippen molar-refractivity contribution in [2.24, 2.45) is 11.8 Å². The van der Waals surface area contributed by atoms with Gasteiger partial charge in [0, 0.05) is 18.9 Å². The van der Waals surface area contributed by atoms with Gasteiger partial charge in [0.2, 0.25) is 5.91 Å². The first-order valence-corrected chi connectivity index (χ1v) is 8.07. The van der Waals surface area contributed by atoms with Crippen LogP contribution in [0.2, 0.25) is 0 Å². The number of rotatable bonds is 5. The Kier molecular flexibility index (Phi) is 4.60. The van der Waals surface area contributed by atoms with Crippen molar-refractivity contribution in [2.45, 2.75) is 32.1 Å². The van der Waals surface area contributed by atoms with E-state index >= 15 is 0 Å². The molecule has 1 heterocycles. The molecule has 1 amide bonds. The predicted molar refractivity (Wildman–Crippen MR) is 85.9 cm³/mol. The maximum atomic E-state index is 12.2. The smallest absolute Gasteiger partial charge is 0.306 e. The zero-order valence-electron chi connectivity index (χ0n) is 12.9. The normalized spacial score (nSPS) is 21.2. The highest BCUT2D eigenvalue weighted by Crippen LogP contribution is 2.29. The van der Waals surface area contributed by atoms with E-state index in [1.54, 1.807) is 0 Å². The number of carbonyl (C=O) groups is 2. The Balaban J connectivity index is 1.50. The summed E-state index contributed by atoms with van der Waals surface area (Å²) in [5.74, 6) is -0.536. The van der Waals surface area contributed by atoms with Gasteiger partial charge >= 0.3 is 5.97 Å². The SMILES string of the molecule is O=C(O)[C@H]1CCC[C@@H](C(=O)NCCc2nc3ccccc3[nH]2)C1. The van der Waals surface area contributed by atoms with E-state index in [2.05, 4.69) is 15.3 Å². The third-order valence-corrected chi connectivity index (χ3v) is 4.49. The zero-order valence-corrected chi connectivity index (χ0v) is 12.9. The number of carboxylic acid groups (broad SMARTS) is 1. The molecule has 3 N–H and O–H groups in total. The lowest BCUT2D eigenvalue weighted by atomic mass is 9.81. The maximum absolute atomic E-state index is 12.2. The maximum Gasteiger partial charge on any atom is 0.306 e. The second-order valence-corrected chi connectivity index (χ2v) is 6.14. The van der Waals surface area contributed by atoms with Gasteiger partial charge < -0.3 is 15.4 Å². The van der Waals surface area contributed by atoms with E-state index in [-0.39, 0.29) is 17.7 Å². The van der Waals surface area contributed by atoms with Crippen LogP contribution in [-0.2, 0) is 16.0 Å². The minimum absolute atomic E-state index is 0.0351. The summed E-state index contributed by atoms with van der Waals surface area (Å²) in [6.45, 7) is 0.507. The average Bonchev–Trinajstić information content (AvgIpc) is 2.97. The van der Waals surface area contributed by atoms with E-state index in [0.29, 0.717) is 25.8 Å². The van der Waals surface area contributed by atoms with Crippen molar-refractivity contribution in [2.75, 3.05) is 6.54 Å². The number of para-hydroxylation sites is 2. The number of nitrogens with one attached hydrogen (secondary N) is 2. The Hall–Kier alpha value is -2.37.